The third-order valence-corrected chi connectivity index (χ3v) is 6.03. The zero-order chi connectivity index (χ0) is 21.6. The number of ether oxygens (including phenoxy) is 3. The first kappa shape index (κ1) is 21.7. The molecule has 1 aliphatic rings. The number of methoxy groups -OCH3 is 1. The van der Waals surface area contributed by atoms with E-state index in [0.29, 0.717) is 34.6 Å². The predicted molar refractivity (Wildman–Crippen MR) is 125 cm³/mol. The number of pyridine rings is 1. The van der Waals surface area contributed by atoms with Crippen molar-refractivity contribution in [2.45, 2.75) is 26.2 Å². The summed E-state index contributed by atoms with van der Waals surface area (Å²) < 4.78 is 17.7. The Morgan fingerprint density at radius 3 is 2.55 bits per heavy atom. The fourth-order valence-electron chi connectivity index (χ4n) is 3.88. The molecular formula is C25H29ClN2O3. The van der Waals surface area contributed by atoms with Crippen molar-refractivity contribution in [3.8, 4) is 23.0 Å². The van der Waals surface area contributed by atoms with Gasteiger partial charge in [-0.15, -0.1) is 0 Å². The van der Waals surface area contributed by atoms with Gasteiger partial charge in [-0.25, -0.2) is 0 Å². The second kappa shape index (κ2) is 10.2. The highest BCUT2D eigenvalue weighted by molar-refractivity contribution is 6.30. The Morgan fingerprint density at radius 2 is 1.81 bits per heavy atom. The SMILES string of the molecule is COc1cc2c(Oc3ccc(Cl)cc3)ccnc2cc1OCCCN1CCC(C)CC1. The smallest absolute Gasteiger partial charge is 0.163 e. The molecule has 5 nitrogen and oxygen atoms in total. The van der Waals surface area contributed by atoms with Crippen LogP contribution in [0.5, 0.6) is 23.0 Å². The van der Waals surface area contributed by atoms with Crippen LogP contribution in [0.25, 0.3) is 10.9 Å². The van der Waals surface area contributed by atoms with E-state index in [0.717, 1.165) is 29.8 Å². The molecule has 0 amide bonds. The van der Waals surface area contributed by atoms with E-state index in [-0.39, 0.29) is 0 Å². The monoisotopic (exact) mass is 440 g/mol. The van der Waals surface area contributed by atoms with E-state index >= 15 is 0 Å². The van der Waals surface area contributed by atoms with E-state index in [2.05, 4.69) is 16.8 Å². The van der Waals surface area contributed by atoms with Gasteiger partial charge in [0.05, 0.1) is 19.2 Å². The maximum atomic E-state index is 6.07. The Hall–Kier alpha value is -2.50. The van der Waals surface area contributed by atoms with Gasteiger partial charge in [-0.1, -0.05) is 18.5 Å². The molecule has 3 aromatic rings. The fourth-order valence-corrected chi connectivity index (χ4v) is 4.00. The van der Waals surface area contributed by atoms with Crippen molar-refractivity contribution in [2.75, 3.05) is 33.4 Å². The minimum Gasteiger partial charge on any atom is -0.493 e. The first-order valence-corrected chi connectivity index (χ1v) is 11.3. The van der Waals surface area contributed by atoms with Crippen LogP contribution in [-0.2, 0) is 0 Å². The maximum Gasteiger partial charge on any atom is 0.163 e. The number of nitrogens with zero attached hydrogens (tertiary/aromatic N) is 2. The van der Waals surface area contributed by atoms with Crippen LogP contribution in [0.1, 0.15) is 26.2 Å². The van der Waals surface area contributed by atoms with Gasteiger partial charge in [0.2, 0.25) is 0 Å². The van der Waals surface area contributed by atoms with Crippen LogP contribution in [0.15, 0.2) is 48.7 Å². The molecule has 2 heterocycles. The third kappa shape index (κ3) is 5.60. The summed E-state index contributed by atoms with van der Waals surface area (Å²) in [6.45, 7) is 6.45. The minimum atomic E-state index is 0.648. The third-order valence-electron chi connectivity index (χ3n) is 5.78. The highest BCUT2D eigenvalue weighted by Crippen LogP contribution is 2.37. The first-order chi connectivity index (χ1) is 15.1. The lowest BCUT2D eigenvalue weighted by Gasteiger charge is -2.30. The van der Waals surface area contributed by atoms with Crippen molar-refractivity contribution in [3.63, 3.8) is 0 Å². The summed E-state index contributed by atoms with van der Waals surface area (Å²) in [6, 6.07) is 13.0. The molecule has 6 heteroatoms. The lowest BCUT2D eigenvalue weighted by atomic mass is 9.99. The number of hydrogen-bond acceptors (Lipinski definition) is 5. The van der Waals surface area contributed by atoms with Crippen LogP contribution in [0.3, 0.4) is 0 Å². The van der Waals surface area contributed by atoms with Crippen LogP contribution in [0.4, 0.5) is 0 Å². The van der Waals surface area contributed by atoms with Crippen molar-refractivity contribution in [2.24, 2.45) is 5.92 Å². The topological polar surface area (TPSA) is 43.8 Å². The second-order valence-corrected chi connectivity index (χ2v) is 8.55. The Morgan fingerprint density at radius 1 is 1.03 bits per heavy atom. The largest absolute Gasteiger partial charge is 0.493 e. The molecule has 1 fully saturated rings. The Kier molecular flexibility index (Phi) is 7.15. The minimum absolute atomic E-state index is 0.648. The van der Waals surface area contributed by atoms with E-state index in [1.807, 2.05) is 30.3 Å². The zero-order valence-corrected chi connectivity index (χ0v) is 18.9. The molecule has 0 N–H and O–H groups in total. The van der Waals surface area contributed by atoms with Gasteiger partial charge in [-0.3, -0.25) is 4.98 Å². The number of piperidine rings is 1. The van der Waals surface area contributed by atoms with Crippen molar-refractivity contribution < 1.29 is 14.2 Å². The predicted octanol–water partition coefficient (Wildman–Crippen LogP) is 6.19. The van der Waals surface area contributed by atoms with E-state index < -0.39 is 0 Å². The van der Waals surface area contributed by atoms with Crippen LogP contribution in [-0.4, -0.2) is 43.2 Å². The summed E-state index contributed by atoms with van der Waals surface area (Å²) in [4.78, 5) is 7.03. The summed E-state index contributed by atoms with van der Waals surface area (Å²) in [7, 11) is 1.65. The Labute approximate surface area is 188 Å². The Balaban J connectivity index is 1.44. The van der Waals surface area contributed by atoms with Gasteiger partial charge in [0.25, 0.3) is 0 Å². The molecule has 1 saturated heterocycles. The van der Waals surface area contributed by atoms with Gasteiger partial charge in [0.1, 0.15) is 11.5 Å². The van der Waals surface area contributed by atoms with Gasteiger partial charge in [0.15, 0.2) is 11.5 Å². The molecule has 4 rings (SSSR count). The summed E-state index contributed by atoms with van der Waals surface area (Å²) in [6.07, 6.45) is 5.32. The van der Waals surface area contributed by atoms with Crippen molar-refractivity contribution in [1.29, 1.82) is 0 Å². The molecule has 0 radical (unpaired) electrons. The number of fused-ring (bicyclic) bond motifs is 1. The van der Waals surface area contributed by atoms with E-state index in [9.17, 15) is 0 Å². The molecule has 0 spiro atoms. The molecule has 0 saturated carbocycles. The fraction of sp³-hybridized carbons (Fsp3) is 0.400. The Bertz CT molecular complexity index is 1000. The lowest BCUT2D eigenvalue weighted by molar-refractivity contribution is 0.176. The molecule has 2 aromatic carbocycles. The molecule has 0 atom stereocenters. The van der Waals surface area contributed by atoms with Gasteiger partial charge in [0, 0.05) is 29.2 Å². The molecule has 0 bridgehead atoms. The highest BCUT2D eigenvalue weighted by atomic mass is 35.5. The number of benzene rings is 2. The highest BCUT2D eigenvalue weighted by Gasteiger charge is 2.16. The summed E-state index contributed by atoms with van der Waals surface area (Å²) in [5.41, 5.74) is 0.798. The zero-order valence-electron chi connectivity index (χ0n) is 18.1. The average Bonchev–Trinajstić information content (AvgIpc) is 2.79. The number of rotatable bonds is 8. The van der Waals surface area contributed by atoms with Crippen molar-refractivity contribution >= 4 is 22.5 Å². The molecule has 0 unspecified atom stereocenters. The number of likely N-dealkylation sites (tertiary alicyclic amines) is 1. The summed E-state index contributed by atoms with van der Waals surface area (Å²) >= 11 is 5.97. The standard InChI is InChI=1S/C25H29ClN2O3/c1-18-9-13-28(14-10-18)12-3-15-30-25-17-22-21(16-24(25)29-2)23(8-11-27-22)31-20-6-4-19(26)5-7-20/h4-8,11,16-18H,3,9-10,12-15H2,1-2H3. The summed E-state index contributed by atoms with van der Waals surface area (Å²) in [5.74, 6) is 3.65. The first-order valence-electron chi connectivity index (χ1n) is 10.9. The molecule has 0 aliphatic carbocycles. The molecule has 1 aromatic heterocycles. The van der Waals surface area contributed by atoms with Gasteiger partial charge in [-0.2, -0.15) is 0 Å². The van der Waals surface area contributed by atoms with Crippen LogP contribution >= 0.6 is 11.6 Å². The maximum absolute atomic E-state index is 6.07. The van der Waals surface area contributed by atoms with E-state index in [1.54, 1.807) is 25.4 Å². The molecule has 31 heavy (non-hydrogen) atoms. The van der Waals surface area contributed by atoms with E-state index in [4.69, 9.17) is 25.8 Å². The second-order valence-electron chi connectivity index (χ2n) is 8.11. The normalized spacial score (nSPS) is 15.2. The lowest BCUT2D eigenvalue weighted by Crippen LogP contribution is -2.34. The number of aromatic nitrogens is 1. The number of halogens is 1. The van der Waals surface area contributed by atoms with Crippen molar-refractivity contribution in [3.05, 3.63) is 53.7 Å². The van der Waals surface area contributed by atoms with Crippen LogP contribution < -0.4 is 14.2 Å². The van der Waals surface area contributed by atoms with Gasteiger partial charge < -0.3 is 19.1 Å². The average molecular weight is 441 g/mol. The van der Waals surface area contributed by atoms with Gasteiger partial charge in [-0.05, 0) is 74.7 Å². The van der Waals surface area contributed by atoms with Crippen LogP contribution in [0, 0.1) is 5.92 Å². The number of hydrogen-bond donors (Lipinski definition) is 0. The molecule has 1 aliphatic heterocycles. The van der Waals surface area contributed by atoms with Gasteiger partial charge >= 0.3 is 0 Å². The van der Waals surface area contributed by atoms with Crippen molar-refractivity contribution in [1.82, 2.24) is 9.88 Å². The van der Waals surface area contributed by atoms with E-state index in [1.165, 1.54) is 25.9 Å². The molecule has 164 valence electrons. The summed E-state index contributed by atoms with van der Waals surface area (Å²) in [5, 5.41) is 1.54. The molecular weight excluding hydrogens is 412 g/mol. The van der Waals surface area contributed by atoms with Crippen LogP contribution in [0.2, 0.25) is 5.02 Å². The quantitative estimate of drug-likeness (QED) is 0.391.